The molecular weight excluding hydrogens is 404 g/mol. The zero-order valence-corrected chi connectivity index (χ0v) is 15.8. The van der Waals surface area contributed by atoms with E-state index in [9.17, 15) is 9.59 Å². The number of halogens is 1. The molecule has 0 bridgehead atoms. The monoisotopic (exact) mass is 422 g/mol. The van der Waals surface area contributed by atoms with Crippen molar-refractivity contribution < 1.29 is 23.5 Å². The first-order chi connectivity index (χ1) is 12.5. The summed E-state index contributed by atoms with van der Waals surface area (Å²) in [6, 6.07) is 10.6. The molecule has 1 saturated heterocycles. The van der Waals surface area contributed by atoms with Crippen LogP contribution in [0.1, 0.15) is 17.5 Å². The molecule has 0 unspecified atom stereocenters. The van der Waals surface area contributed by atoms with Gasteiger partial charge in [0.25, 0.3) is 5.91 Å². The molecule has 1 N–H and O–H groups in total. The summed E-state index contributed by atoms with van der Waals surface area (Å²) in [6.07, 6.45) is -0.953. The van der Waals surface area contributed by atoms with Gasteiger partial charge in [0.1, 0.15) is 0 Å². The second-order valence-electron chi connectivity index (χ2n) is 5.79. The molecule has 1 amide bonds. The Balaban J connectivity index is 1.54. The molecule has 2 aromatic rings. The van der Waals surface area contributed by atoms with Crippen LogP contribution in [-0.4, -0.2) is 44.3 Å². The number of ether oxygens (including phenoxy) is 2. The van der Waals surface area contributed by atoms with Gasteiger partial charge in [-0.05, 0) is 59.3 Å². The Bertz CT molecular complexity index is 768. The summed E-state index contributed by atoms with van der Waals surface area (Å²) < 4.78 is 16.0. The molecular formula is C18H19BrN2O5. The van der Waals surface area contributed by atoms with E-state index >= 15 is 0 Å². The highest BCUT2D eigenvalue weighted by Crippen LogP contribution is 2.20. The zero-order valence-electron chi connectivity index (χ0n) is 14.2. The highest BCUT2D eigenvalue weighted by atomic mass is 79.9. The van der Waals surface area contributed by atoms with E-state index in [4.69, 9.17) is 13.9 Å². The largest absolute Gasteiger partial charge is 0.447 e. The minimum absolute atomic E-state index is 0.0337. The number of benzene rings is 1. The lowest BCUT2D eigenvalue weighted by molar-refractivity contribution is -0.123. The Morgan fingerprint density at radius 2 is 1.85 bits per heavy atom. The van der Waals surface area contributed by atoms with E-state index in [1.165, 1.54) is 13.0 Å². The van der Waals surface area contributed by atoms with Crippen molar-refractivity contribution in [2.75, 3.05) is 36.5 Å². The number of nitrogens with zero attached hydrogens (tertiary/aromatic N) is 1. The molecule has 1 aromatic heterocycles. The Morgan fingerprint density at radius 1 is 1.15 bits per heavy atom. The predicted octanol–water partition coefficient (Wildman–Crippen LogP) is 3.06. The van der Waals surface area contributed by atoms with Crippen molar-refractivity contribution in [3.05, 3.63) is 46.8 Å². The van der Waals surface area contributed by atoms with Gasteiger partial charge < -0.3 is 24.1 Å². The van der Waals surface area contributed by atoms with Crippen LogP contribution < -0.4 is 10.2 Å². The second-order valence-corrected chi connectivity index (χ2v) is 6.57. The number of carbonyl (C=O) groups excluding carboxylic acids is 2. The smallest absolute Gasteiger partial charge is 0.375 e. The normalized spacial score (nSPS) is 15.4. The molecule has 2 heterocycles. The van der Waals surface area contributed by atoms with Gasteiger partial charge in [0.05, 0.1) is 13.2 Å². The first-order valence-corrected chi connectivity index (χ1v) is 9.02. The number of carbonyl (C=O) groups is 2. The fraction of sp³-hybridized carbons (Fsp3) is 0.333. The summed E-state index contributed by atoms with van der Waals surface area (Å²) in [4.78, 5) is 26.4. The highest BCUT2D eigenvalue weighted by molar-refractivity contribution is 9.10. The Hall–Kier alpha value is -2.32. The molecule has 26 heavy (non-hydrogen) atoms. The number of anilines is 2. The molecule has 0 saturated carbocycles. The van der Waals surface area contributed by atoms with Crippen molar-refractivity contribution in [2.45, 2.75) is 13.0 Å². The van der Waals surface area contributed by atoms with Gasteiger partial charge in [0, 0.05) is 24.5 Å². The molecule has 1 aliphatic rings. The van der Waals surface area contributed by atoms with Crippen molar-refractivity contribution in [1.82, 2.24) is 0 Å². The lowest BCUT2D eigenvalue weighted by Crippen LogP contribution is -2.36. The van der Waals surface area contributed by atoms with Crippen LogP contribution in [0, 0.1) is 0 Å². The number of hydrogen-bond acceptors (Lipinski definition) is 6. The fourth-order valence-corrected chi connectivity index (χ4v) is 2.82. The number of hydrogen-bond donors (Lipinski definition) is 1. The van der Waals surface area contributed by atoms with Crippen LogP contribution in [0.15, 0.2) is 45.5 Å². The van der Waals surface area contributed by atoms with Crippen LogP contribution in [-0.2, 0) is 14.3 Å². The molecule has 138 valence electrons. The molecule has 0 radical (unpaired) electrons. The summed E-state index contributed by atoms with van der Waals surface area (Å²) in [5, 5.41) is 2.73. The summed E-state index contributed by atoms with van der Waals surface area (Å²) in [5.41, 5.74) is 1.71. The van der Waals surface area contributed by atoms with Gasteiger partial charge >= 0.3 is 5.97 Å². The van der Waals surface area contributed by atoms with Crippen LogP contribution in [0.2, 0.25) is 0 Å². The zero-order chi connectivity index (χ0) is 18.5. The fourth-order valence-electron chi connectivity index (χ4n) is 2.52. The number of amides is 1. The van der Waals surface area contributed by atoms with Gasteiger partial charge in [0.2, 0.25) is 5.76 Å². The van der Waals surface area contributed by atoms with Gasteiger partial charge in [0.15, 0.2) is 10.8 Å². The Kier molecular flexibility index (Phi) is 5.95. The van der Waals surface area contributed by atoms with Crippen molar-refractivity contribution in [2.24, 2.45) is 0 Å². The van der Waals surface area contributed by atoms with Crippen LogP contribution in [0.3, 0.4) is 0 Å². The van der Waals surface area contributed by atoms with E-state index in [2.05, 4.69) is 26.1 Å². The maximum atomic E-state index is 12.2. The highest BCUT2D eigenvalue weighted by Gasteiger charge is 2.21. The maximum Gasteiger partial charge on any atom is 0.375 e. The van der Waals surface area contributed by atoms with Crippen LogP contribution in [0.25, 0.3) is 0 Å². The van der Waals surface area contributed by atoms with E-state index < -0.39 is 18.0 Å². The third kappa shape index (κ3) is 4.64. The van der Waals surface area contributed by atoms with E-state index in [1.54, 1.807) is 6.07 Å². The molecule has 0 spiro atoms. The average molecular weight is 423 g/mol. The summed E-state index contributed by atoms with van der Waals surface area (Å²) in [7, 11) is 0. The summed E-state index contributed by atoms with van der Waals surface area (Å²) >= 11 is 3.11. The first-order valence-electron chi connectivity index (χ1n) is 8.23. The van der Waals surface area contributed by atoms with Crippen LogP contribution >= 0.6 is 15.9 Å². The van der Waals surface area contributed by atoms with Crippen LogP contribution in [0.5, 0.6) is 0 Å². The standard InChI is InChI=1S/C18H19BrN2O5/c1-12(25-18(23)15-6-7-16(19)26-15)17(22)20-13-2-4-14(5-3-13)21-8-10-24-11-9-21/h2-7,12H,8-11H2,1H3,(H,20,22)/t12-/m1/s1. The number of rotatable bonds is 5. The first kappa shape index (κ1) is 18.5. The Labute approximate surface area is 159 Å². The third-order valence-electron chi connectivity index (χ3n) is 3.94. The minimum atomic E-state index is -0.953. The lowest BCUT2D eigenvalue weighted by atomic mass is 10.2. The second kappa shape index (κ2) is 8.37. The van der Waals surface area contributed by atoms with E-state index in [0.29, 0.717) is 23.6 Å². The van der Waals surface area contributed by atoms with Crippen molar-refractivity contribution in [3.8, 4) is 0 Å². The maximum absolute atomic E-state index is 12.2. The van der Waals surface area contributed by atoms with E-state index in [1.807, 2.05) is 24.3 Å². The van der Waals surface area contributed by atoms with Crippen molar-refractivity contribution in [1.29, 1.82) is 0 Å². The molecule has 8 heteroatoms. The lowest BCUT2D eigenvalue weighted by Gasteiger charge is -2.28. The number of nitrogens with one attached hydrogen (secondary N) is 1. The number of esters is 1. The van der Waals surface area contributed by atoms with E-state index in [-0.39, 0.29) is 5.76 Å². The predicted molar refractivity (Wildman–Crippen MR) is 99.4 cm³/mol. The topological polar surface area (TPSA) is 81.0 Å². The van der Waals surface area contributed by atoms with Gasteiger partial charge in [-0.3, -0.25) is 4.79 Å². The molecule has 7 nitrogen and oxygen atoms in total. The van der Waals surface area contributed by atoms with Gasteiger partial charge in [-0.25, -0.2) is 4.79 Å². The van der Waals surface area contributed by atoms with Crippen molar-refractivity contribution in [3.63, 3.8) is 0 Å². The average Bonchev–Trinajstić information content (AvgIpc) is 3.09. The number of morpholine rings is 1. The Morgan fingerprint density at radius 3 is 2.46 bits per heavy atom. The van der Waals surface area contributed by atoms with Gasteiger partial charge in [-0.15, -0.1) is 0 Å². The number of furan rings is 1. The molecule has 1 atom stereocenters. The minimum Gasteiger partial charge on any atom is -0.447 e. The SMILES string of the molecule is C[C@@H](OC(=O)c1ccc(Br)o1)C(=O)Nc1ccc(N2CCOCC2)cc1. The van der Waals surface area contributed by atoms with E-state index in [0.717, 1.165) is 18.8 Å². The summed E-state index contributed by atoms with van der Waals surface area (Å²) in [6.45, 7) is 4.64. The molecule has 1 aromatic carbocycles. The van der Waals surface area contributed by atoms with Gasteiger partial charge in [-0.1, -0.05) is 0 Å². The van der Waals surface area contributed by atoms with Crippen molar-refractivity contribution >= 4 is 39.2 Å². The quantitative estimate of drug-likeness (QED) is 0.745. The van der Waals surface area contributed by atoms with Gasteiger partial charge in [-0.2, -0.15) is 0 Å². The third-order valence-corrected chi connectivity index (χ3v) is 4.36. The van der Waals surface area contributed by atoms with Crippen LogP contribution in [0.4, 0.5) is 11.4 Å². The molecule has 0 aliphatic carbocycles. The summed E-state index contributed by atoms with van der Waals surface area (Å²) in [5.74, 6) is -1.07. The molecule has 1 fully saturated rings. The molecule has 3 rings (SSSR count). The molecule has 1 aliphatic heterocycles.